The van der Waals surface area contributed by atoms with E-state index in [4.69, 9.17) is 0 Å². The van der Waals surface area contributed by atoms with Crippen LogP contribution in [0.15, 0.2) is 0 Å². The van der Waals surface area contributed by atoms with Crippen molar-refractivity contribution in [2.75, 3.05) is 0 Å². The van der Waals surface area contributed by atoms with Gasteiger partial charge in [0.1, 0.15) is 0 Å². The lowest BCUT2D eigenvalue weighted by molar-refractivity contribution is -0.0302. The van der Waals surface area contributed by atoms with Crippen LogP contribution in [-0.4, -0.2) is 11.2 Å². The fourth-order valence-corrected chi connectivity index (χ4v) is 3.09. The van der Waals surface area contributed by atoms with E-state index >= 15 is 0 Å². The van der Waals surface area contributed by atoms with Gasteiger partial charge in [-0.25, -0.2) is 0 Å². The Morgan fingerprint density at radius 1 is 1.27 bits per heavy atom. The highest BCUT2D eigenvalue weighted by atomic mass is 16.3. The summed E-state index contributed by atoms with van der Waals surface area (Å²) in [6.45, 7) is 6.77. The van der Waals surface area contributed by atoms with Crippen LogP contribution in [0, 0.1) is 16.7 Å². The van der Waals surface area contributed by atoms with E-state index in [-0.39, 0.29) is 11.5 Å². The molecule has 1 heteroatoms. The van der Waals surface area contributed by atoms with E-state index in [1.165, 1.54) is 19.3 Å². The normalized spacial score (nSPS) is 53.5. The van der Waals surface area contributed by atoms with Crippen molar-refractivity contribution in [3.8, 4) is 0 Å². The Labute approximate surface area is 68.8 Å². The summed E-state index contributed by atoms with van der Waals surface area (Å²) < 4.78 is 0. The largest absolute Gasteiger partial charge is 0.392 e. The van der Waals surface area contributed by atoms with Gasteiger partial charge < -0.3 is 5.11 Å². The Hall–Kier alpha value is -0.0400. The molecule has 3 atom stereocenters. The van der Waals surface area contributed by atoms with E-state index in [0.29, 0.717) is 11.3 Å². The average Bonchev–Trinajstić information content (AvgIpc) is 2.36. The van der Waals surface area contributed by atoms with Gasteiger partial charge in [0.25, 0.3) is 0 Å². The second kappa shape index (κ2) is 1.82. The lowest BCUT2D eigenvalue weighted by Gasteiger charge is -2.42. The second-order valence-electron chi connectivity index (χ2n) is 5.23. The number of hydrogen-bond donors (Lipinski definition) is 1. The van der Waals surface area contributed by atoms with Crippen LogP contribution in [-0.2, 0) is 0 Å². The lowest BCUT2D eigenvalue weighted by atomic mass is 9.65. The molecular weight excluding hydrogens is 136 g/mol. The Morgan fingerprint density at radius 2 is 1.91 bits per heavy atom. The molecule has 0 heterocycles. The minimum Gasteiger partial charge on any atom is -0.392 e. The topological polar surface area (TPSA) is 20.2 Å². The van der Waals surface area contributed by atoms with Crippen molar-refractivity contribution in [3.05, 3.63) is 0 Å². The van der Waals surface area contributed by atoms with Crippen molar-refractivity contribution in [3.63, 3.8) is 0 Å². The Morgan fingerprint density at radius 3 is 2.18 bits per heavy atom. The highest BCUT2D eigenvalue weighted by Gasteiger charge is 2.59. The fraction of sp³-hybridized carbons (Fsp3) is 1.00. The molecule has 0 spiro atoms. The van der Waals surface area contributed by atoms with Crippen molar-refractivity contribution in [2.45, 2.75) is 46.1 Å². The summed E-state index contributed by atoms with van der Waals surface area (Å²) >= 11 is 0. The molecule has 2 aliphatic rings. The molecule has 0 aromatic heterocycles. The maximum absolute atomic E-state index is 9.91. The van der Waals surface area contributed by atoms with E-state index in [2.05, 4.69) is 20.8 Å². The maximum Gasteiger partial charge on any atom is 0.0624 e. The Balaban J connectivity index is 2.36. The predicted molar refractivity (Wildman–Crippen MR) is 45.2 cm³/mol. The van der Waals surface area contributed by atoms with Crippen LogP contribution < -0.4 is 0 Å². The third kappa shape index (κ3) is 0.703. The fourth-order valence-electron chi connectivity index (χ4n) is 3.09. The van der Waals surface area contributed by atoms with Gasteiger partial charge >= 0.3 is 0 Å². The first-order valence-corrected chi connectivity index (χ1v) is 4.65. The van der Waals surface area contributed by atoms with Crippen LogP contribution in [0.5, 0.6) is 0 Å². The third-order valence-corrected chi connectivity index (χ3v) is 4.52. The molecule has 0 aliphatic heterocycles. The van der Waals surface area contributed by atoms with E-state index in [1.807, 2.05) is 0 Å². The van der Waals surface area contributed by atoms with Gasteiger partial charge in [0.05, 0.1) is 6.10 Å². The van der Waals surface area contributed by atoms with Crippen molar-refractivity contribution >= 4 is 0 Å². The molecule has 2 aliphatic carbocycles. The molecule has 11 heavy (non-hydrogen) atoms. The minimum absolute atomic E-state index is 0.0405. The smallest absolute Gasteiger partial charge is 0.0624 e. The summed E-state index contributed by atoms with van der Waals surface area (Å²) in [7, 11) is 0. The van der Waals surface area contributed by atoms with Crippen LogP contribution in [0.1, 0.15) is 40.0 Å². The minimum atomic E-state index is -0.0405. The number of aliphatic hydroxyl groups is 1. The SMILES string of the molecule is CC1(C)[C@@H](O)[C@H]2CC[C@]1(C)C2. The molecule has 0 saturated heterocycles. The molecular formula is C10H18O. The highest BCUT2D eigenvalue weighted by Crippen LogP contribution is 2.63. The van der Waals surface area contributed by atoms with Crippen LogP contribution >= 0.6 is 0 Å². The third-order valence-electron chi connectivity index (χ3n) is 4.52. The molecule has 1 nitrogen and oxygen atoms in total. The predicted octanol–water partition coefficient (Wildman–Crippen LogP) is 2.19. The first-order chi connectivity index (χ1) is 4.97. The molecule has 2 bridgehead atoms. The summed E-state index contributed by atoms with van der Waals surface area (Å²) in [5.41, 5.74) is 0.590. The second-order valence-corrected chi connectivity index (χ2v) is 5.23. The van der Waals surface area contributed by atoms with E-state index in [9.17, 15) is 5.11 Å². The number of rotatable bonds is 0. The molecule has 0 aromatic carbocycles. The average molecular weight is 154 g/mol. The number of aliphatic hydroxyl groups excluding tert-OH is 1. The van der Waals surface area contributed by atoms with Crippen LogP contribution in [0.4, 0.5) is 0 Å². The Kier molecular flexibility index (Phi) is 1.26. The van der Waals surface area contributed by atoms with Crippen LogP contribution in [0.3, 0.4) is 0 Å². The van der Waals surface area contributed by atoms with Gasteiger partial charge in [-0.3, -0.25) is 0 Å². The van der Waals surface area contributed by atoms with E-state index in [0.717, 1.165) is 0 Å². The summed E-state index contributed by atoms with van der Waals surface area (Å²) in [5.74, 6) is 0.606. The Bertz CT molecular complexity index is 183. The molecule has 2 rings (SSSR count). The molecule has 2 fully saturated rings. The van der Waals surface area contributed by atoms with Gasteiger partial charge in [-0.15, -0.1) is 0 Å². The van der Waals surface area contributed by atoms with Crippen molar-refractivity contribution in [2.24, 2.45) is 16.7 Å². The quantitative estimate of drug-likeness (QED) is 0.567. The molecule has 0 radical (unpaired) electrons. The monoisotopic (exact) mass is 154 g/mol. The van der Waals surface area contributed by atoms with Gasteiger partial charge in [-0.05, 0) is 36.0 Å². The molecule has 64 valence electrons. The highest BCUT2D eigenvalue weighted by molar-refractivity contribution is 5.09. The molecule has 2 saturated carbocycles. The summed E-state index contributed by atoms with van der Waals surface area (Å²) in [6.07, 6.45) is 3.78. The molecule has 0 amide bonds. The van der Waals surface area contributed by atoms with Gasteiger partial charge in [0.2, 0.25) is 0 Å². The van der Waals surface area contributed by atoms with Crippen LogP contribution in [0.2, 0.25) is 0 Å². The van der Waals surface area contributed by atoms with Crippen molar-refractivity contribution in [1.29, 1.82) is 0 Å². The summed E-state index contributed by atoms with van der Waals surface area (Å²) in [4.78, 5) is 0. The van der Waals surface area contributed by atoms with E-state index < -0.39 is 0 Å². The summed E-state index contributed by atoms with van der Waals surface area (Å²) in [5, 5.41) is 9.91. The molecule has 0 aromatic rings. The lowest BCUT2D eigenvalue weighted by Crippen LogP contribution is -2.40. The van der Waals surface area contributed by atoms with Crippen molar-refractivity contribution in [1.82, 2.24) is 0 Å². The van der Waals surface area contributed by atoms with Crippen LogP contribution in [0.25, 0.3) is 0 Å². The van der Waals surface area contributed by atoms with Gasteiger partial charge in [0.15, 0.2) is 0 Å². The first-order valence-electron chi connectivity index (χ1n) is 4.65. The zero-order valence-corrected chi connectivity index (χ0v) is 7.72. The van der Waals surface area contributed by atoms with E-state index in [1.54, 1.807) is 0 Å². The first kappa shape index (κ1) is 7.60. The van der Waals surface area contributed by atoms with Gasteiger partial charge in [0, 0.05) is 0 Å². The zero-order valence-electron chi connectivity index (χ0n) is 7.72. The zero-order chi connectivity index (χ0) is 8.28. The maximum atomic E-state index is 9.91. The van der Waals surface area contributed by atoms with Gasteiger partial charge in [-0.1, -0.05) is 20.8 Å². The van der Waals surface area contributed by atoms with Crippen molar-refractivity contribution < 1.29 is 5.11 Å². The molecule has 0 unspecified atom stereocenters. The number of hydrogen-bond acceptors (Lipinski definition) is 1. The summed E-state index contributed by atoms with van der Waals surface area (Å²) in [6, 6.07) is 0. The number of fused-ring (bicyclic) bond motifs is 2. The van der Waals surface area contributed by atoms with Gasteiger partial charge in [-0.2, -0.15) is 0 Å². The molecule has 1 N–H and O–H groups in total. The standard InChI is InChI=1S/C10H18O/c1-9(2)8(11)7-4-5-10(9,3)6-7/h7-8,11H,4-6H2,1-3H3/t7-,8-,10+/m0/s1.